The van der Waals surface area contributed by atoms with Crippen LogP contribution in [0.15, 0.2) is 48.5 Å². The van der Waals surface area contributed by atoms with Gasteiger partial charge in [0, 0.05) is 11.6 Å². The summed E-state index contributed by atoms with van der Waals surface area (Å²) >= 11 is 6.04. The van der Waals surface area contributed by atoms with Gasteiger partial charge in [-0.3, -0.25) is 4.79 Å². The first kappa shape index (κ1) is 14.2. The lowest BCUT2D eigenvalue weighted by molar-refractivity contribution is -0.123. The molecule has 0 unspecified atom stereocenters. The van der Waals surface area contributed by atoms with Gasteiger partial charge in [-0.1, -0.05) is 53.6 Å². The van der Waals surface area contributed by atoms with Crippen LogP contribution in [0.5, 0.6) is 0 Å². The average Bonchev–Trinajstić information content (AvgIpc) is 3.28. The highest BCUT2D eigenvalue weighted by Gasteiger charge is 2.51. The number of amides is 1. The summed E-state index contributed by atoms with van der Waals surface area (Å²) in [5, 5.41) is 3.74. The standard InChI is InChI=1S/C18H18ClNO/c1-13-5-7-14(8-6-13)12-20-17(21)18(9-10-18)15-3-2-4-16(19)11-15/h2-8,11H,9-10,12H2,1H3,(H,20,21). The zero-order valence-electron chi connectivity index (χ0n) is 12.0. The van der Waals surface area contributed by atoms with Crippen molar-refractivity contribution in [2.24, 2.45) is 0 Å². The summed E-state index contributed by atoms with van der Waals surface area (Å²) in [6.07, 6.45) is 1.79. The zero-order valence-corrected chi connectivity index (χ0v) is 12.8. The number of hydrogen-bond acceptors (Lipinski definition) is 1. The zero-order chi connectivity index (χ0) is 14.9. The van der Waals surface area contributed by atoms with Crippen molar-refractivity contribution >= 4 is 17.5 Å². The Balaban J connectivity index is 1.69. The van der Waals surface area contributed by atoms with Gasteiger partial charge in [0.05, 0.1) is 5.41 Å². The van der Waals surface area contributed by atoms with E-state index in [1.54, 1.807) is 0 Å². The van der Waals surface area contributed by atoms with Crippen LogP contribution in [0.25, 0.3) is 0 Å². The Hall–Kier alpha value is -1.80. The van der Waals surface area contributed by atoms with Crippen molar-refractivity contribution < 1.29 is 4.79 Å². The molecule has 0 aromatic heterocycles. The second kappa shape index (κ2) is 5.53. The smallest absolute Gasteiger partial charge is 0.230 e. The number of rotatable bonds is 4. The van der Waals surface area contributed by atoms with Crippen molar-refractivity contribution in [3.63, 3.8) is 0 Å². The van der Waals surface area contributed by atoms with Gasteiger partial charge in [-0.05, 0) is 43.0 Å². The molecule has 1 amide bonds. The van der Waals surface area contributed by atoms with Crippen LogP contribution in [0.1, 0.15) is 29.5 Å². The molecule has 0 saturated heterocycles. The van der Waals surface area contributed by atoms with E-state index in [0.29, 0.717) is 11.6 Å². The lowest BCUT2D eigenvalue weighted by Crippen LogP contribution is -2.34. The lowest BCUT2D eigenvalue weighted by atomic mass is 9.95. The number of benzene rings is 2. The van der Waals surface area contributed by atoms with Crippen LogP contribution in [-0.2, 0) is 16.8 Å². The molecular formula is C18H18ClNO. The van der Waals surface area contributed by atoms with Crippen LogP contribution in [0.3, 0.4) is 0 Å². The van der Waals surface area contributed by atoms with Gasteiger partial charge in [-0.25, -0.2) is 0 Å². The second-order valence-electron chi connectivity index (χ2n) is 5.76. The topological polar surface area (TPSA) is 29.1 Å². The molecule has 0 spiro atoms. The predicted octanol–water partition coefficient (Wildman–Crippen LogP) is 4.00. The minimum absolute atomic E-state index is 0.102. The molecule has 3 rings (SSSR count). The quantitative estimate of drug-likeness (QED) is 0.908. The highest BCUT2D eigenvalue weighted by atomic mass is 35.5. The Morgan fingerprint density at radius 2 is 1.90 bits per heavy atom. The number of carbonyl (C=O) groups is 1. The molecule has 0 heterocycles. The van der Waals surface area contributed by atoms with Crippen LogP contribution in [0.4, 0.5) is 0 Å². The van der Waals surface area contributed by atoms with Gasteiger partial charge in [0.15, 0.2) is 0 Å². The minimum Gasteiger partial charge on any atom is -0.351 e. The molecule has 2 aromatic rings. The fraction of sp³-hybridized carbons (Fsp3) is 0.278. The third kappa shape index (κ3) is 2.96. The Bertz CT molecular complexity index is 659. The minimum atomic E-state index is -0.365. The van der Waals surface area contributed by atoms with E-state index in [1.807, 2.05) is 24.3 Å². The molecule has 21 heavy (non-hydrogen) atoms. The first-order valence-electron chi connectivity index (χ1n) is 7.20. The van der Waals surface area contributed by atoms with Crippen LogP contribution in [0.2, 0.25) is 5.02 Å². The van der Waals surface area contributed by atoms with Crippen molar-refractivity contribution in [1.82, 2.24) is 5.32 Å². The van der Waals surface area contributed by atoms with Crippen molar-refractivity contribution in [2.75, 3.05) is 0 Å². The van der Waals surface area contributed by atoms with E-state index in [9.17, 15) is 4.79 Å². The van der Waals surface area contributed by atoms with Crippen LogP contribution >= 0.6 is 11.6 Å². The molecule has 2 nitrogen and oxygen atoms in total. The summed E-state index contributed by atoms with van der Waals surface area (Å²) in [6, 6.07) is 15.9. The second-order valence-corrected chi connectivity index (χ2v) is 6.20. The van der Waals surface area contributed by atoms with Crippen LogP contribution in [0, 0.1) is 6.92 Å². The SMILES string of the molecule is Cc1ccc(CNC(=O)C2(c3cccc(Cl)c3)CC2)cc1. The molecule has 0 bridgehead atoms. The lowest BCUT2D eigenvalue weighted by Gasteiger charge is -2.16. The summed E-state index contributed by atoms with van der Waals surface area (Å²) in [5.74, 6) is 0.102. The highest BCUT2D eigenvalue weighted by Crippen LogP contribution is 2.48. The Labute approximate surface area is 130 Å². The Morgan fingerprint density at radius 3 is 2.52 bits per heavy atom. The molecule has 0 atom stereocenters. The molecule has 108 valence electrons. The van der Waals surface area contributed by atoms with Crippen molar-refractivity contribution in [3.8, 4) is 0 Å². The number of carbonyl (C=O) groups excluding carboxylic acids is 1. The fourth-order valence-corrected chi connectivity index (χ4v) is 2.81. The van der Waals surface area contributed by atoms with E-state index in [1.165, 1.54) is 5.56 Å². The van der Waals surface area contributed by atoms with Crippen molar-refractivity contribution in [3.05, 3.63) is 70.2 Å². The number of halogens is 1. The summed E-state index contributed by atoms with van der Waals surface area (Å²) in [6.45, 7) is 2.63. The van der Waals surface area contributed by atoms with E-state index in [0.717, 1.165) is 24.0 Å². The summed E-state index contributed by atoms with van der Waals surface area (Å²) < 4.78 is 0. The summed E-state index contributed by atoms with van der Waals surface area (Å²) in [7, 11) is 0. The molecule has 1 aliphatic carbocycles. The van der Waals surface area contributed by atoms with Gasteiger partial charge in [-0.15, -0.1) is 0 Å². The van der Waals surface area contributed by atoms with Crippen molar-refractivity contribution in [2.45, 2.75) is 31.7 Å². The Morgan fingerprint density at radius 1 is 1.19 bits per heavy atom. The third-order valence-corrected chi connectivity index (χ3v) is 4.37. The fourth-order valence-electron chi connectivity index (χ4n) is 2.62. The van der Waals surface area contributed by atoms with Gasteiger partial charge in [0.1, 0.15) is 0 Å². The first-order valence-corrected chi connectivity index (χ1v) is 7.58. The van der Waals surface area contributed by atoms with Gasteiger partial charge in [-0.2, -0.15) is 0 Å². The van der Waals surface area contributed by atoms with Gasteiger partial charge in [0.2, 0.25) is 5.91 Å². The molecule has 0 aliphatic heterocycles. The molecular weight excluding hydrogens is 282 g/mol. The van der Waals surface area contributed by atoms with Gasteiger partial charge in [0.25, 0.3) is 0 Å². The summed E-state index contributed by atoms with van der Waals surface area (Å²) in [5.41, 5.74) is 3.00. The maximum absolute atomic E-state index is 12.5. The van der Waals surface area contributed by atoms with Crippen molar-refractivity contribution in [1.29, 1.82) is 0 Å². The normalized spacial score (nSPS) is 15.5. The highest BCUT2D eigenvalue weighted by molar-refractivity contribution is 6.30. The van der Waals surface area contributed by atoms with Crippen LogP contribution in [-0.4, -0.2) is 5.91 Å². The van der Waals surface area contributed by atoms with E-state index in [4.69, 9.17) is 11.6 Å². The molecule has 1 N–H and O–H groups in total. The molecule has 1 aliphatic rings. The predicted molar refractivity (Wildman–Crippen MR) is 85.4 cm³/mol. The molecule has 2 aromatic carbocycles. The van der Waals surface area contributed by atoms with E-state index in [2.05, 4.69) is 36.5 Å². The maximum atomic E-state index is 12.5. The monoisotopic (exact) mass is 299 g/mol. The molecule has 1 fully saturated rings. The summed E-state index contributed by atoms with van der Waals surface area (Å²) in [4.78, 5) is 12.5. The molecule has 0 radical (unpaired) electrons. The Kier molecular flexibility index (Phi) is 3.73. The van der Waals surface area contributed by atoms with Gasteiger partial charge < -0.3 is 5.32 Å². The molecule has 1 saturated carbocycles. The number of hydrogen-bond donors (Lipinski definition) is 1. The molecule has 3 heteroatoms. The number of nitrogens with one attached hydrogen (secondary N) is 1. The van der Waals surface area contributed by atoms with Crippen LogP contribution < -0.4 is 5.32 Å². The van der Waals surface area contributed by atoms with E-state index < -0.39 is 0 Å². The first-order chi connectivity index (χ1) is 10.1. The van der Waals surface area contributed by atoms with E-state index >= 15 is 0 Å². The van der Waals surface area contributed by atoms with Gasteiger partial charge >= 0.3 is 0 Å². The number of aryl methyl sites for hydroxylation is 1. The third-order valence-electron chi connectivity index (χ3n) is 4.14. The maximum Gasteiger partial charge on any atom is 0.230 e. The van der Waals surface area contributed by atoms with E-state index in [-0.39, 0.29) is 11.3 Å². The largest absolute Gasteiger partial charge is 0.351 e. The average molecular weight is 300 g/mol.